The van der Waals surface area contributed by atoms with Crippen LogP contribution in [0.15, 0.2) is 36.4 Å². The number of methoxy groups -OCH3 is 1. The minimum absolute atomic E-state index is 0.0791. The molecule has 1 aliphatic carbocycles. The number of halogens is 1. The van der Waals surface area contributed by atoms with Gasteiger partial charge in [-0.2, -0.15) is 4.98 Å². The third-order valence-corrected chi connectivity index (χ3v) is 7.14. The summed E-state index contributed by atoms with van der Waals surface area (Å²) in [4.78, 5) is 24.3. The van der Waals surface area contributed by atoms with Crippen LogP contribution in [-0.4, -0.2) is 62.3 Å². The van der Waals surface area contributed by atoms with Gasteiger partial charge in [0.05, 0.1) is 30.4 Å². The van der Waals surface area contributed by atoms with E-state index in [1.165, 1.54) is 17.7 Å². The van der Waals surface area contributed by atoms with E-state index in [0.29, 0.717) is 30.3 Å². The molecule has 6 rings (SSSR count). The summed E-state index contributed by atoms with van der Waals surface area (Å²) in [7, 11) is 3.61. The van der Waals surface area contributed by atoms with Crippen molar-refractivity contribution >= 4 is 28.0 Å². The Morgan fingerprint density at radius 3 is 2.74 bits per heavy atom. The maximum Gasteiger partial charge on any atom is 0.254 e. The van der Waals surface area contributed by atoms with Gasteiger partial charge in [0.1, 0.15) is 11.8 Å². The highest BCUT2D eigenvalue weighted by atomic mass is 19.1. The standard InChI is InChI=1S/C26H29FN6O2/c1-31-21-7-5-17(26(34)32-13-18(27)11-19(28)14-32)9-20(21)29-25(31)22-10-16-6-8-23(35-2)30-24(16)33(22)12-15-3-4-15/h5-10,15,18-19H,3-4,11-14,28H2,1-2H3/t18-,19-/m0/s1. The number of benzene rings is 1. The van der Waals surface area contributed by atoms with Crippen LogP contribution in [0.1, 0.15) is 29.6 Å². The summed E-state index contributed by atoms with van der Waals surface area (Å²) in [5, 5.41) is 1.03. The van der Waals surface area contributed by atoms with Gasteiger partial charge in [-0.05, 0) is 55.5 Å². The van der Waals surface area contributed by atoms with E-state index in [0.717, 1.165) is 40.1 Å². The number of carbonyl (C=O) groups is 1. The first-order valence-corrected chi connectivity index (χ1v) is 12.1. The van der Waals surface area contributed by atoms with Crippen molar-refractivity contribution in [1.29, 1.82) is 0 Å². The highest BCUT2D eigenvalue weighted by Gasteiger charge is 2.29. The third-order valence-electron chi connectivity index (χ3n) is 7.14. The summed E-state index contributed by atoms with van der Waals surface area (Å²) in [6.07, 6.45) is 1.64. The Labute approximate surface area is 202 Å². The Hall–Kier alpha value is -3.46. The minimum Gasteiger partial charge on any atom is -0.481 e. The smallest absolute Gasteiger partial charge is 0.254 e. The molecule has 1 aromatic carbocycles. The molecule has 182 valence electrons. The number of alkyl halides is 1. The Bertz CT molecular complexity index is 1430. The molecule has 1 aliphatic heterocycles. The number of nitrogens with zero attached hydrogens (tertiary/aromatic N) is 5. The van der Waals surface area contributed by atoms with Gasteiger partial charge in [-0.1, -0.05) is 0 Å². The minimum atomic E-state index is -1.09. The second-order valence-corrected chi connectivity index (χ2v) is 9.85. The molecule has 2 N–H and O–H groups in total. The summed E-state index contributed by atoms with van der Waals surface area (Å²) >= 11 is 0. The first-order valence-electron chi connectivity index (χ1n) is 12.1. The molecule has 2 atom stereocenters. The number of likely N-dealkylation sites (tertiary alicyclic amines) is 1. The molecule has 1 amide bonds. The zero-order chi connectivity index (χ0) is 24.3. The number of amides is 1. The predicted molar refractivity (Wildman–Crippen MR) is 132 cm³/mol. The molecule has 1 saturated heterocycles. The van der Waals surface area contributed by atoms with Crippen molar-refractivity contribution in [2.24, 2.45) is 18.7 Å². The number of pyridine rings is 1. The van der Waals surface area contributed by atoms with Crippen molar-refractivity contribution < 1.29 is 13.9 Å². The van der Waals surface area contributed by atoms with Crippen LogP contribution in [-0.2, 0) is 13.6 Å². The zero-order valence-corrected chi connectivity index (χ0v) is 19.9. The van der Waals surface area contributed by atoms with E-state index in [2.05, 4.69) is 10.6 Å². The predicted octanol–water partition coefficient (Wildman–Crippen LogP) is 3.52. The summed E-state index contributed by atoms with van der Waals surface area (Å²) in [6, 6.07) is 11.2. The van der Waals surface area contributed by atoms with Gasteiger partial charge in [-0.3, -0.25) is 4.79 Å². The van der Waals surface area contributed by atoms with E-state index in [9.17, 15) is 9.18 Å². The lowest BCUT2D eigenvalue weighted by molar-refractivity contribution is 0.0607. The van der Waals surface area contributed by atoms with Gasteiger partial charge in [0.2, 0.25) is 5.88 Å². The topological polar surface area (TPSA) is 91.2 Å². The van der Waals surface area contributed by atoms with E-state index in [1.807, 2.05) is 29.8 Å². The fourth-order valence-corrected chi connectivity index (χ4v) is 5.14. The summed E-state index contributed by atoms with van der Waals surface area (Å²) in [6.45, 7) is 1.32. The largest absolute Gasteiger partial charge is 0.481 e. The molecule has 0 bridgehead atoms. The second kappa shape index (κ2) is 8.34. The lowest BCUT2D eigenvalue weighted by Crippen LogP contribution is -2.50. The molecule has 0 spiro atoms. The molecule has 4 heterocycles. The van der Waals surface area contributed by atoms with Crippen molar-refractivity contribution in [3.05, 3.63) is 42.0 Å². The number of fused-ring (bicyclic) bond motifs is 2. The first kappa shape index (κ1) is 22.0. The van der Waals surface area contributed by atoms with E-state index in [4.69, 9.17) is 20.4 Å². The van der Waals surface area contributed by atoms with Crippen LogP contribution in [0.3, 0.4) is 0 Å². The van der Waals surface area contributed by atoms with Gasteiger partial charge < -0.3 is 24.5 Å². The maximum atomic E-state index is 14.0. The Balaban J connectivity index is 1.41. The van der Waals surface area contributed by atoms with E-state index in [-0.39, 0.29) is 18.5 Å². The zero-order valence-electron chi connectivity index (χ0n) is 19.9. The van der Waals surface area contributed by atoms with Crippen molar-refractivity contribution in [1.82, 2.24) is 24.0 Å². The second-order valence-electron chi connectivity index (χ2n) is 9.85. The van der Waals surface area contributed by atoms with Crippen LogP contribution in [0.4, 0.5) is 4.39 Å². The van der Waals surface area contributed by atoms with E-state index in [1.54, 1.807) is 19.2 Å². The molecule has 2 fully saturated rings. The highest BCUT2D eigenvalue weighted by molar-refractivity contribution is 5.98. The van der Waals surface area contributed by atoms with Crippen LogP contribution in [0.25, 0.3) is 33.6 Å². The quantitative estimate of drug-likeness (QED) is 0.476. The average molecular weight is 477 g/mol. The van der Waals surface area contributed by atoms with Crippen LogP contribution in [0, 0.1) is 5.92 Å². The number of carbonyl (C=O) groups excluding carboxylic acids is 1. The molecule has 1 saturated carbocycles. The molecular weight excluding hydrogens is 447 g/mol. The average Bonchev–Trinajstić information content (AvgIpc) is 3.52. The number of aryl methyl sites for hydroxylation is 1. The normalized spacial score (nSPS) is 20.6. The lowest BCUT2D eigenvalue weighted by Gasteiger charge is -2.33. The van der Waals surface area contributed by atoms with Gasteiger partial charge in [-0.15, -0.1) is 0 Å². The molecule has 9 heteroatoms. The van der Waals surface area contributed by atoms with Gasteiger partial charge in [0, 0.05) is 43.2 Å². The monoisotopic (exact) mass is 476 g/mol. The van der Waals surface area contributed by atoms with Crippen LogP contribution < -0.4 is 10.5 Å². The van der Waals surface area contributed by atoms with Gasteiger partial charge >= 0.3 is 0 Å². The Morgan fingerprint density at radius 2 is 2.00 bits per heavy atom. The SMILES string of the molecule is COc1ccc2cc(-c3nc4cc(C(=O)N5C[C@@H](N)C[C@H](F)C5)ccc4n3C)n(CC3CC3)c2n1. The molecule has 3 aromatic heterocycles. The summed E-state index contributed by atoms with van der Waals surface area (Å²) in [5.41, 5.74) is 9.96. The number of piperidine rings is 1. The van der Waals surface area contributed by atoms with E-state index < -0.39 is 6.17 Å². The molecule has 8 nitrogen and oxygen atoms in total. The molecule has 0 unspecified atom stereocenters. The summed E-state index contributed by atoms with van der Waals surface area (Å²) in [5.74, 6) is 1.83. The van der Waals surface area contributed by atoms with Gasteiger partial charge in [0.25, 0.3) is 5.91 Å². The van der Waals surface area contributed by atoms with Crippen molar-refractivity contribution in [2.45, 2.75) is 38.0 Å². The van der Waals surface area contributed by atoms with Crippen LogP contribution in [0.2, 0.25) is 0 Å². The number of ether oxygens (including phenoxy) is 1. The highest BCUT2D eigenvalue weighted by Crippen LogP contribution is 2.36. The number of rotatable bonds is 5. The lowest BCUT2D eigenvalue weighted by atomic mass is 10.0. The van der Waals surface area contributed by atoms with Gasteiger partial charge in [-0.25, -0.2) is 9.37 Å². The van der Waals surface area contributed by atoms with E-state index >= 15 is 0 Å². The molecular formula is C26H29FN6O2. The molecule has 0 radical (unpaired) electrons. The van der Waals surface area contributed by atoms with Crippen LogP contribution in [0.5, 0.6) is 5.88 Å². The number of hydrogen-bond donors (Lipinski definition) is 1. The number of aromatic nitrogens is 4. The molecule has 35 heavy (non-hydrogen) atoms. The van der Waals surface area contributed by atoms with Crippen molar-refractivity contribution in [2.75, 3.05) is 20.2 Å². The first-order chi connectivity index (χ1) is 16.9. The Morgan fingerprint density at radius 1 is 1.17 bits per heavy atom. The summed E-state index contributed by atoms with van der Waals surface area (Å²) < 4.78 is 23.7. The van der Waals surface area contributed by atoms with Crippen molar-refractivity contribution in [3.63, 3.8) is 0 Å². The van der Waals surface area contributed by atoms with Crippen molar-refractivity contribution in [3.8, 4) is 17.4 Å². The Kier molecular flexibility index (Phi) is 5.25. The number of imidazole rings is 1. The maximum absolute atomic E-state index is 14.0. The third kappa shape index (κ3) is 3.93. The fraction of sp³-hybridized carbons (Fsp3) is 0.423. The number of hydrogen-bond acceptors (Lipinski definition) is 5. The van der Waals surface area contributed by atoms with Crippen LogP contribution >= 0.6 is 0 Å². The molecule has 4 aromatic rings. The van der Waals surface area contributed by atoms with Gasteiger partial charge in [0.15, 0.2) is 5.82 Å². The molecule has 2 aliphatic rings. The fourth-order valence-electron chi connectivity index (χ4n) is 5.14. The number of nitrogens with two attached hydrogens (primary N) is 1.